The van der Waals surface area contributed by atoms with Crippen molar-refractivity contribution in [2.75, 3.05) is 18.8 Å². The molecular formula is C12H19N3O4S. The maximum atomic E-state index is 12.5. The molecule has 0 atom stereocenters. The summed E-state index contributed by atoms with van der Waals surface area (Å²) in [4.78, 5) is 10.00. The summed E-state index contributed by atoms with van der Waals surface area (Å²) >= 11 is 0. The van der Waals surface area contributed by atoms with E-state index in [4.69, 9.17) is 5.73 Å². The molecule has 0 heterocycles. The van der Waals surface area contributed by atoms with E-state index in [0.29, 0.717) is 25.9 Å². The molecule has 0 aliphatic carbocycles. The van der Waals surface area contributed by atoms with Gasteiger partial charge in [-0.3, -0.25) is 10.1 Å². The van der Waals surface area contributed by atoms with E-state index in [1.54, 1.807) is 0 Å². The molecule has 112 valence electrons. The molecule has 0 saturated heterocycles. The first-order valence-electron chi connectivity index (χ1n) is 6.38. The van der Waals surface area contributed by atoms with Crippen molar-refractivity contribution in [2.45, 2.75) is 31.6 Å². The third-order valence-electron chi connectivity index (χ3n) is 2.74. The summed E-state index contributed by atoms with van der Waals surface area (Å²) in [5.41, 5.74) is 5.17. The smallest absolute Gasteiger partial charge is 0.291 e. The number of nitrogen functional groups attached to an aromatic ring is 1. The van der Waals surface area contributed by atoms with Gasteiger partial charge in [0.25, 0.3) is 5.69 Å². The van der Waals surface area contributed by atoms with Crippen LogP contribution in [0.4, 0.5) is 11.4 Å². The fourth-order valence-electron chi connectivity index (χ4n) is 1.89. The van der Waals surface area contributed by atoms with Crippen LogP contribution in [0.3, 0.4) is 0 Å². The van der Waals surface area contributed by atoms with Gasteiger partial charge in [-0.15, -0.1) is 0 Å². The molecule has 0 radical (unpaired) electrons. The van der Waals surface area contributed by atoms with Gasteiger partial charge in [-0.2, -0.15) is 4.31 Å². The highest BCUT2D eigenvalue weighted by molar-refractivity contribution is 7.89. The lowest BCUT2D eigenvalue weighted by Gasteiger charge is -2.20. The highest BCUT2D eigenvalue weighted by Gasteiger charge is 2.30. The number of rotatable bonds is 7. The Morgan fingerprint density at radius 2 is 1.80 bits per heavy atom. The minimum atomic E-state index is -3.88. The van der Waals surface area contributed by atoms with Crippen LogP contribution >= 0.6 is 0 Å². The molecule has 2 N–H and O–H groups in total. The van der Waals surface area contributed by atoms with Gasteiger partial charge in [-0.05, 0) is 25.0 Å². The maximum Gasteiger partial charge on any atom is 0.291 e. The van der Waals surface area contributed by atoms with Crippen LogP contribution in [0.1, 0.15) is 26.7 Å². The summed E-state index contributed by atoms with van der Waals surface area (Å²) in [5, 5.41) is 11.0. The number of nitro benzene ring substituents is 1. The molecule has 7 nitrogen and oxygen atoms in total. The van der Waals surface area contributed by atoms with E-state index in [-0.39, 0.29) is 10.6 Å². The third kappa shape index (κ3) is 3.45. The molecule has 0 aliphatic heterocycles. The highest BCUT2D eigenvalue weighted by atomic mass is 32.2. The second kappa shape index (κ2) is 6.67. The number of sulfonamides is 1. The molecule has 0 fully saturated rings. The van der Waals surface area contributed by atoms with E-state index in [9.17, 15) is 18.5 Å². The quantitative estimate of drug-likeness (QED) is 0.471. The van der Waals surface area contributed by atoms with Crippen molar-refractivity contribution >= 4 is 21.4 Å². The van der Waals surface area contributed by atoms with Crippen molar-refractivity contribution in [1.82, 2.24) is 4.31 Å². The van der Waals surface area contributed by atoms with Gasteiger partial charge in [0.2, 0.25) is 10.0 Å². The Bertz CT molecular complexity index is 580. The van der Waals surface area contributed by atoms with Gasteiger partial charge in [0.1, 0.15) is 0 Å². The minimum Gasteiger partial charge on any atom is -0.399 e. The number of nitrogens with two attached hydrogens (primary N) is 1. The Kier molecular flexibility index (Phi) is 5.46. The molecule has 0 spiro atoms. The van der Waals surface area contributed by atoms with Crippen LogP contribution in [0.15, 0.2) is 23.1 Å². The van der Waals surface area contributed by atoms with Gasteiger partial charge in [0, 0.05) is 24.8 Å². The van der Waals surface area contributed by atoms with E-state index in [1.807, 2.05) is 13.8 Å². The Morgan fingerprint density at radius 1 is 1.25 bits per heavy atom. The number of benzene rings is 1. The van der Waals surface area contributed by atoms with Gasteiger partial charge in [0.15, 0.2) is 4.90 Å². The van der Waals surface area contributed by atoms with Crippen molar-refractivity contribution < 1.29 is 13.3 Å². The van der Waals surface area contributed by atoms with Gasteiger partial charge < -0.3 is 5.73 Å². The lowest BCUT2D eigenvalue weighted by atomic mass is 10.3. The molecule has 0 aromatic heterocycles. The van der Waals surface area contributed by atoms with Crippen molar-refractivity contribution in [2.24, 2.45) is 0 Å². The summed E-state index contributed by atoms with van der Waals surface area (Å²) in [7, 11) is -3.88. The molecule has 1 aromatic carbocycles. The number of nitrogens with zero attached hydrogens (tertiary/aromatic N) is 2. The molecule has 0 bridgehead atoms. The largest absolute Gasteiger partial charge is 0.399 e. The zero-order valence-electron chi connectivity index (χ0n) is 11.6. The molecular weight excluding hydrogens is 282 g/mol. The summed E-state index contributed by atoms with van der Waals surface area (Å²) in [6.45, 7) is 4.38. The Hall–Kier alpha value is -1.67. The van der Waals surface area contributed by atoms with E-state index < -0.39 is 20.6 Å². The van der Waals surface area contributed by atoms with Gasteiger partial charge >= 0.3 is 0 Å². The zero-order chi connectivity index (χ0) is 15.3. The van der Waals surface area contributed by atoms with Crippen molar-refractivity contribution in [3.8, 4) is 0 Å². The Labute approximate surface area is 118 Å². The Morgan fingerprint density at radius 3 is 2.25 bits per heavy atom. The van der Waals surface area contributed by atoms with Gasteiger partial charge in [0.05, 0.1) is 4.92 Å². The number of nitro groups is 1. The summed E-state index contributed by atoms with van der Waals surface area (Å²) < 4.78 is 26.3. The first-order valence-corrected chi connectivity index (χ1v) is 7.82. The van der Waals surface area contributed by atoms with Crippen LogP contribution in [-0.2, 0) is 10.0 Å². The average Bonchev–Trinajstić information content (AvgIpc) is 2.38. The number of hydrogen-bond acceptors (Lipinski definition) is 5. The Balaban J connectivity index is 3.36. The molecule has 0 saturated carbocycles. The van der Waals surface area contributed by atoms with Crippen LogP contribution in [0.25, 0.3) is 0 Å². The van der Waals surface area contributed by atoms with Crippen LogP contribution in [0, 0.1) is 10.1 Å². The first-order chi connectivity index (χ1) is 9.34. The molecule has 1 rings (SSSR count). The lowest BCUT2D eigenvalue weighted by molar-refractivity contribution is -0.387. The fraction of sp³-hybridized carbons (Fsp3) is 0.500. The standard InChI is InChI=1S/C12H19N3O4S/c1-3-7-14(8-4-2)20(18,19)12-6-5-10(13)9-11(12)15(16)17/h5-6,9H,3-4,7-8,13H2,1-2H3. The second-order valence-corrected chi connectivity index (χ2v) is 6.29. The van der Waals surface area contributed by atoms with Crippen molar-refractivity contribution in [3.05, 3.63) is 28.3 Å². The van der Waals surface area contributed by atoms with Crippen LogP contribution in [0.5, 0.6) is 0 Å². The summed E-state index contributed by atoms with van der Waals surface area (Å²) in [5.74, 6) is 0. The van der Waals surface area contributed by atoms with Crippen molar-refractivity contribution in [1.29, 1.82) is 0 Å². The molecule has 8 heteroatoms. The molecule has 0 amide bonds. The van der Waals surface area contributed by atoms with Crippen molar-refractivity contribution in [3.63, 3.8) is 0 Å². The van der Waals surface area contributed by atoms with Crippen LogP contribution < -0.4 is 5.73 Å². The molecule has 0 aliphatic rings. The van der Waals surface area contributed by atoms with E-state index in [2.05, 4.69) is 0 Å². The SMILES string of the molecule is CCCN(CCC)S(=O)(=O)c1ccc(N)cc1[N+](=O)[O-]. The normalized spacial score (nSPS) is 11.8. The average molecular weight is 301 g/mol. The molecule has 0 unspecified atom stereocenters. The minimum absolute atomic E-state index is 0.160. The molecule has 1 aromatic rings. The third-order valence-corrected chi connectivity index (χ3v) is 4.69. The zero-order valence-corrected chi connectivity index (χ0v) is 12.4. The summed E-state index contributed by atoms with van der Waals surface area (Å²) in [6, 6.07) is 3.63. The topological polar surface area (TPSA) is 107 Å². The predicted octanol–water partition coefficient (Wildman–Crippen LogP) is 1.99. The molecule has 20 heavy (non-hydrogen) atoms. The summed E-state index contributed by atoms with van der Waals surface area (Å²) in [6.07, 6.45) is 1.28. The van der Waals surface area contributed by atoms with Gasteiger partial charge in [-0.25, -0.2) is 8.42 Å². The monoisotopic (exact) mass is 301 g/mol. The van der Waals surface area contributed by atoms with Crippen LogP contribution in [0.2, 0.25) is 0 Å². The van der Waals surface area contributed by atoms with Crippen LogP contribution in [-0.4, -0.2) is 30.7 Å². The fourth-order valence-corrected chi connectivity index (χ4v) is 3.65. The number of hydrogen-bond donors (Lipinski definition) is 1. The lowest BCUT2D eigenvalue weighted by Crippen LogP contribution is -2.33. The maximum absolute atomic E-state index is 12.5. The highest BCUT2D eigenvalue weighted by Crippen LogP contribution is 2.28. The van der Waals surface area contributed by atoms with E-state index >= 15 is 0 Å². The second-order valence-electron chi connectivity index (χ2n) is 4.39. The predicted molar refractivity (Wildman–Crippen MR) is 76.8 cm³/mol. The van der Waals surface area contributed by atoms with Gasteiger partial charge in [-0.1, -0.05) is 13.8 Å². The first kappa shape index (κ1) is 16.4. The van der Waals surface area contributed by atoms with E-state index in [0.717, 1.165) is 6.07 Å². The van der Waals surface area contributed by atoms with E-state index in [1.165, 1.54) is 16.4 Å². The number of anilines is 1.